The SMILES string of the molecule is CCCCCCCCC(N=O)NC. The lowest BCUT2D eigenvalue weighted by Gasteiger charge is -2.06. The van der Waals surface area contributed by atoms with E-state index in [1.807, 2.05) is 0 Å². The first-order valence-corrected chi connectivity index (χ1v) is 5.34. The molecule has 0 aromatic heterocycles. The molecule has 3 nitrogen and oxygen atoms in total. The van der Waals surface area contributed by atoms with Gasteiger partial charge in [-0.3, -0.25) is 5.32 Å². The lowest BCUT2D eigenvalue weighted by molar-refractivity contribution is 0.493. The third-order valence-electron chi connectivity index (χ3n) is 2.29. The van der Waals surface area contributed by atoms with Crippen LogP contribution in [0.2, 0.25) is 0 Å². The van der Waals surface area contributed by atoms with Crippen molar-refractivity contribution in [3.05, 3.63) is 4.91 Å². The lowest BCUT2D eigenvalue weighted by Crippen LogP contribution is -2.21. The fourth-order valence-electron chi connectivity index (χ4n) is 1.37. The number of rotatable bonds is 9. The van der Waals surface area contributed by atoms with Gasteiger partial charge >= 0.3 is 0 Å². The van der Waals surface area contributed by atoms with E-state index in [0.717, 1.165) is 12.8 Å². The topological polar surface area (TPSA) is 41.5 Å². The van der Waals surface area contributed by atoms with E-state index in [-0.39, 0.29) is 6.17 Å². The zero-order chi connectivity index (χ0) is 9.94. The third kappa shape index (κ3) is 7.91. The molecule has 0 fully saturated rings. The maximum absolute atomic E-state index is 10.2. The fourth-order valence-corrected chi connectivity index (χ4v) is 1.37. The zero-order valence-electron chi connectivity index (χ0n) is 8.88. The highest BCUT2D eigenvalue weighted by Gasteiger charge is 2.03. The molecule has 0 aliphatic rings. The van der Waals surface area contributed by atoms with Crippen LogP contribution < -0.4 is 5.32 Å². The van der Waals surface area contributed by atoms with Gasteiger partial charge in [-0.05, 0) is 19.9 Å². The standard InChI is InChI=1S/C10H22N2O/c1-3-4-5-6-7-8-9-10(11-2)12-13/h10-11H,3-9H2,1-2H3. The van der Waals surface area contributed by atoms with Gasteiger partial charge in [-0.15, -0.1) is 4.91 Å². The number of nitroso groups, excluding NO2 is 1. The summed E-state index contributed by atoms with van der Waals surface area (Å²) in [6, 6.07) is 0. The minimum absolute atomic E-state index is 0.175. The maximum Gasteiger partial charge on any atom is 0.142 e. The van der Waals surface area contributed by atoms with Crippen LogP contribution in [0.15, 0.2) is 5.18 Å². The van der Waals surface area contributed by atoms with Crippen LogP contribution in [0.1, 0.15) is 51.9 Å². The molecule has 0 aromatic carbocycles. The highest BCUT2D eigenvalue weighted by Crippen LogP contribution is 2.08. The first-order chi connectivity index (χ1) is 6.35. The summed E-state index contributed by atoms with van der Waals surface area (Å²) < 4.78 is 0. The van der Waals surface area contributed by atoms with Crippen LogP contribution in [0.3, 0.4) is 0 Å². The molecule has 3 heteroatoms. The van der Waals surface area contributed by atoms with Crippen LogP contribution in [0.5, 0.6) is 0 Å². The number of hydrogen-bond donors (Lipinski definition) is 1. The van der Waals surface area contributed by atoms with Gasteiger partial charge in [0.1, 0.15) is 6.17 Å². The number of nitrogens with zero attached hydrogens (tertiary/aromatic N) is 1. The Bertz CT molecular complexity index is 117. The second-order valence-electron chi connectivity index (χ2n) is 3.47. The molecular formula is C10H22N2O. The Morgan fingerprint density at radius 1 is 1.15 bits per heavy atom. The van der Waals surface area contributed by atoms with Gasteiger partial charge in [0.05, 0.1) is 0 Å². The van der Waals surface area contributed by atoms with Crippen molar-refractivity contribution in [1.29, 1.82) is 0 Å². The average Bonchev–Trinajstić information content (AvgIpc) is 2.17. The largest absolute Gasteiger partial charge is 0.296 e. The van der Waals surface area contributed by atoms with Crippen LogP contribution in [0.25, 0.3) is 0 Å². The van der Waals surface area contributed by atoms with Crippen molar-refractivity contribution in [2.24, 2.45) is 5.18 Å². The molecule has 0 aromatic rings. The van der Waals surface area contributed by atoms with Crippen molar-refractivity contribution < 1.29 is 0 Å². The highest BCUT2D eigenvalue weighted by atomic mass is 16.3. The number of unbranched alkanes of at least 4 members (excludes halogenated alkanes) is 5. The Morgan fingerprint density at radius 3 is 2.31 bits per heavy atom. The van der Waals surface area contributed by atoms with E-state index in [0.29, 0.717) is 0 Å². The third-order valence-corrected chi connectivity index (χ3v) is 2.29. The Morgan fingerprint density at radius 2 is 1.77 bits per heavy atom. The van der Waals surface area contributed by atoms with Crippen molar-refractivity contribution in [1.82, 2.24) is 5.32 Å². The minimum atomic E-state index is -0.175. The first-order valence-electron chi connectivity index (χ1n) is 5.34. The molecule has 0 rings (SSSR count). The first kappa shape index (κ1) is 12.6. The van der Waals surface area contributed by atoms with Gasteiger partial charge in [-0.1, -0.05) is 44.2 Å². The molecule has 0 aliphatic carbocycles. The second-order valence-corrected chi connectivity index (χ2v) is 3.47. The predicted octanol–water partition coefficient (Wildman–Crippen LogP) is 3.05. The van der Waals surface area contributed by atoms with Crippen molar-refractivity contribution >= 4 is 0 Å². The van der Waals surface area contributed by atoms with E-state index in [2.05, 4.69) is 17.4 Å². The summed E-state index contributed by atoms with van der Waals surface area (Å²) in [5, 5.41) is 5.85. The molecular weight excluding hydrogens is 164 g/mol. The van der Waals surface area contributed by atoms with Crippen LogP contribution in [0.4, 0.5) is 0 Å². The number of nitrogens with one attached hydrogen (secondary N) is 1. The van der Waals surface area contributed by atoms with Crippen LogP contribution in [0, 0.1) is 4.91 Å². The molecule has 0 aliphatic heterocycles. The molecule has 0 spiro atoms. The molecule has 0 amide bonds. The molecule has 0 bridgehead atoms. The summed E-state index contributed by atoms with van der Waals surface area (Å²) in [5.41, 5.74) is 0. The summed E-state index contributed by atoms with van der Waals surface area (Å²) in [7, 11) is 1.78. The van der Waals surface area contributed by atoms with Crippen molar-refractivity contribution in [3.8, 4) is 0 Å². The summed E-state index contributed by atoms with van der Waals surface area (Å²) >= 11 is 0. The van der Waals surface area contributed by atoms with Gasteiger partial charge in [0.15, 0.2) is 0 Å². The van der Waals surface area contributed by atoms with E-state index in [9.17, 15) is 4.91 Å². The maximum atomic E-state index is 10.2. The molecule has 0 heterocycles. The van der Waals surface area contributed by atoms with E-state index < -0.39 is 0 Å². The van der Waals surface area contributed by atoms with E-state index in [1.54, 1.807) is 7.05 Å². The van der Waals surface area contributed by atoms with Crippen LogP contribution >= 0.6 is 0 Å². The molecule has 0 saturated heterocycles. The summed E-state index contributed by atoms with van der Waals surface area (Å²) in [5.74, 6) is 0. The summed E-state index contributed by atoms with van der Waals surface area (Å²) in [4.78, 5) is 10.2. The van der Waals surface area contributed by atoms with Crippen molar-refractivity contribution in [3.63, 3.8) is 0 Å². The highest BCUT2D eigenvalue weighted by molar-refractivity contribution is 4.59. The number of hydrogen-bond acceptors (Lipinski definition) is 3. The van der Waals surface area contributed by atoms with Crippen molar-refractivity contribution in [2.45, 2.75) is 58.0 Å². The van der Waals surface area contributed by atoms with E-state index >= 15 is 0 Å². The fraction of sp³-hybridized carbons (Fsp3) is 1.00. The normalized spacial score (nSPS) is 12.8. The van der Waals surface area contributed by atoms with E-state index in [1.165, 1.54) is 32.1 Å². The average molecular weight is 186 g/mol. The Balaban J connectivity index is 3.10. The molecule has 1 N–H and O–H groups in total. The van der Waals surface area contributed by atoms with Gasteiger partial charge in [-0.2, -0.15) is 0 Å². The minimum Gasteiger partial charge on any atom is -0.296 e. The van der Waals surface area contributed by atoms with Gasteiger partial charge in [0.2, 0.25) is 0 Å². The van der Waals surface area contributed by atoms with Gasteiger partial charge in [0, 0.05) is 0 Å². The van der Waals surface area contributed by atoms with Gasteiger partial charge in [-0.25, -0.2) is 0 Å². The molecule has 0 radical (unpaired) electrons. The molecule has 78 valence electrons. The monoisotopic (exact) mass is 186 g/mol. The van der Waals surface area contributed by atoms with Gasteiger partial charge < -0.3 is 0 Å². The Hall–Kier alpha value is -0.440. The van der Waals surface area contributed by atoms with Crippen LogP contribution in [-0.4, -0.2) is 13.2 Å². The zero-order valence-corrected chi connectivity index (χ0v) is 8.88. The molecule has 1 unspecified atom stereocenters. The predicted molar refractivity (Wildman–Crippen MR) is 56.6 cm³/mol. The molecule has 13 heavy (non-hydrogen) atoms. The summed E-state index contributed by atoms with van der Waals surface area (Å²) in [6.07, 6.45) is 8.29. The van der Waals surface area contributed by atoms with Crippen molar-refractivity contribution in [2.75, 3.05) is 7.05 Å². The smallest absolute Gasteiger partial charge is 0.142 e. The summed E-state index contributed by atoms with van der Waals surface area (Å²) in [6.45, 7) is 2.22. The Kier molecular flexibility index (Phi) is 9.32. The second kappa shape index (κ2) is 9.65. The quantitative estimate of drug-likeness (QED) is 0.444. The van der Waals surface area contributed by atoms with E-state index in [4.69, 9.17) is 0 Å². The molecule has 0 saturated carbocycles. The molecule has 1 atom stereocenters. The Labute approximate surface area is 81.3 Å². The van der Waals surface area contributed by atoms with Gasteiger partial charge in [0.25, 0.3) is 0 Å². The van der Waals surface area contributed by atoms with Crippen LogP contribution in [-0.2, 0) is 0 Å². The lowest BCUT2D eigenvalue weighted by atomic mass is 10.1.